The zero-order chi connectivity index (χ0) is 15.8. The number of benzene rings is 1. The molecule has 0 radical (unpaired) electrons. The van der Waals surface area contributed by atoms with Crippen molar-refractivity contribution in [2.24, 2.45) is 17.1 Å². The van der Waals surface area contributed by atoms with Crippen LogP contribution in [-0.2, 0) is 4.79 Å². The molecule has 1 aromatic carbocycles. The van der Waals surface area contributed by atoms with E-state index in [2.05, 4.69) is 52.8 Å². The molecule has 3 heteroatoms. The topological polar surface area (TPSA) is 46.3 Å². The van der Waals surface area contributed by atoms with E-state index in [0.717, 1.165) is 12.1 Å². The fourth-order valence-corrected chi connectivity index (χ4v) is 3.02. The van der Waals surface area contributed by atoms with Crippen molar-refractivity contribution in [3.8, 4) is 0 Å². The fourth-order valence-electron chi connectivity index (χ4n) is 3.02. The summed E-state index contributed by atoms with van der Waals surface area (Å²) in [5, 5.41) is 0. The first-order valence-corrected chi connectivity index (χ1v) is 7.79. The number of hydrogen-bond donors (Lipinski definition) is 1. The van der Waals surface area contributed by atoms with Crippen molar-refractivity contribution in [2.45, 2.75) is 47.1 Å². The van der Waals surface area contributed by atoms with Crippen LogP contribution >= 0.6 is 0 Å². The number of carbonyl (C=O) groups excluding carboxylic acids is 1. The van der Waals surface area contributed by atoms with Gasteiger partial charge in [-0.2, -0.15) is 0 Å². The second-order valence-electron chi connectivity index (χ2n) is 7.53. The minimum atomic E-state index is -0.104. The summed E-state index contributed by atoms with van der Waals surface area (Å²) in [6, 6.07) is 6.24. The normalized spacial score (nSPS) is 21.0. The van der Waals surface area contributed by atoms with Crippen LogP contribution in [0.25, 0.3) is 0 Å². The van der Waals surface area contributed by atoms with Crippen LogP contribution in [0.3, 0.4) is 0 Å². The maximum Gasteiger partial charge on any atom is 0.223 e. The SMILES string of the molecule is Cc1ccc(C)c(C(N)CN2CC(C(C)(C)C)CC2=O)c1. The van der Waals surface area contributed by atoms with Crippen LogP contribution in [0.2, 0.25) is 0 Å². The Morgan fingerprint density at radius 3 is 2.57 bits per heavy atom. The molecular weight excluding hydrogens is 260 g/mol. The molecule has 1 aromatic rings. The van der Waals surface area contributed by atoms with Crippen LogP contribution in [0.1, 0.15) is 49.9 Å². The van der Waals surface area contributed by atoms with Crippen molar-refractivity contribution >= 4 is 5.91 Å². The van der Waals surface area contributed by atoms with Crippen LogP contribution < -0.4 is 5.73 Å². The molecule has 1 saturated heterocycles. The molecule has 1 amide bonds. The molecule has 0 saturated carbocycles. The summed E-state index contributed by atoms with van der Waals surface area (Å²) in [5.41, 5.74) is 10.1. The zero-order valence-corrected chi connectivity index (χ0v) is 13.9. The van der Waals surface area contributed by atoms with E-state index in [1.54, 1.807) is 0 Å². The number of likely N-dealkylation sites (tertiary alicyclic amines) is 1. The van der Waals surface area contributed by atoms with Crippen LogP contribution in [0.5, 0.6) is 0 Å². The van der Waals surface area contributed by atoms with Crippen LogP contribution in [-0.4, -0.2) is 23.9 Å². The number of rotatable bonds is 3. The van der Waals surface area contributed by atoms with E-state index < -0.39 is 0 Å². The van der Waals surface area contributed by atoms with Crippen molar-refractivity contribution < 1.29 is 4.79 Å². The van der Waals surface area contributed by atoms with Crippen molar-refractivity contribution in [1.82, 2.24) is 4.90 Å². The number of carbonyl (C=O) groups is 1. The molecule has 2 rings (SSSR count). The summed E-state index contributed by atoms with van der Waals surface area (Å²) >= 11 is 0. The highest BCUT2D eigenvalue weighted by atomic mass is 16.2. The average molecular weight is 288 g/mol. The molecule has 1 fully saturated rings. The Balaban J connectivity index is 2.08. The van der Waals surface area contributed by atoms with Gasteiger partial charge in [0.1, 0.15) is 0 Å². The van der Waals surface area contributed by atoms with Gasteiger partial charge in [0.2, 0.25) is 5.91 Å². The molecule has 0 aromatic heterocycles. The van der Waals surface area contributed by atoms with Gasteiger partial charge in [0.25, 0.3) is 0 Å². The van der Waals surface area contributed by atoms with Crippen molar-refractivity contribution in [3.63, 3.8) is 0 Å². The van der Waals surface area contributed by atoms with Gasteiger partial charge >= 0.3 is 0 Å². The quantitative estimate of drug-likeness (QED) is 0.928. The van der Waals surface area contributed by atoms with E-state index in [0.29, 0.717) is 18.9 Å². The van der Waals surface area contributed by atoms with Gasteiger partial charge in [-0.15, -0.1) is 0 Å². The monoisotopic (exact) mass is 288 g/mol. The summed E-state index contributed by atoms with van der Waals surface area (Å²) in [7, 11) is 0. The molecule has 1 aliphatic rings. The third-order valence-electron chi connectivity index (χ3n) is 4.69. The predicted molar refractivity (Wildman–Crippen MR) is 87.0 cm³/mol. The number of amides is 1. The van der Waals surface area contributed by atoms with E-state index in [9.17, 15) is 4.79 Å². The van der Waals surface area contributed by atoms with E-state index >= 15 is 0 Å². The summed E-state index contributed by atoms with van der Waals surface area (Å²) in [6.45, 7) is 12.2. The molecule has 3 nitrogen and oxygen atoms in total. The number of nitrogens with zero attached hydrogens (tertiary/aromatic N) is 1. The first kappa shape index (κ1) is 16.0. The van der Waals surface area contributed by atoms with Crippen molar-refractivity contribution in [2.75, 3.05) is 13.1 Å². The average Bonchev–Trinajstić information content (AvgIpc) is 2.74. The summed E-state index contributed by atoms with van der Waals surface area (Å²) < 4.78 is 0. The predicted octanol–water partition coefficient (Wildman–Crippen LogP) is 3.20. The van der Waals surface area contributed by atoms with E-state index in [4.69, 9.17) is 5.73 Å². The van der Waals surface area contributed by atoms with Crippen molar-refractivity contribution in [3.05, 3.63) is 34.9 Å². The van der Waals surface area contributed by atoms with Gasteiger partial charge in [-0.05, 0) is 36.3 Å². The standard InChI is InChI=1S/C18H28N2O/c1-12-6-7-13(2)15(8-12)16(19)11-20-10-14(9-17(20)21)18(3,4)5/h6-8,14,16H,9-11,19H2,1-5H3. The maximum atomic E-state index is 12.2. The summed E-state index contributed by atoms with van der Waals surface area (Å²) in [6.07, 6.45) is 0.656. The lowest BCUT2D eigenvalue weighted by atomic mass is 9.80. The van der Waals surface area contributed by atoms with Crippen LogP contribution in [0, 0.1) is 25.2 Å². The molecule has 116 valence electrons. The van der Waals surface area contributed by atoms with Gasteiger partial charge in [-0.3, -0.25) is 4.79 Å². The van der Waals surface area contributed by atoms with E-state index in [1.807, 2.05) is 4.90 Å². The molecule has 2 unspecified atom stereocenters. The van der Waals surface area contributed by atoms with Gasteiger partial charge in [0.05, 0.1) is 0 Å². The maximum absolute atomic E-state index is 12.2. The Hall–Kier alpha value is -1.35. The third-order valence-corrected chi connectivity index (χ3v) is 4.69. The Kier molecular flexibility index (Phi) is 4.43. The van der Waals surface area contributed by atoms with Gasteiger partial charge in [-0.1, -0.05) is 44.5 Å². The second-order valence-corrected chi connectivity index (χ2v) is 7.53. The highest BCUT2D eigenvalue weighted by Gasteiger charge is 2.37. The fraction of sp³-hybridized carbons (Fsp3) is 0.611. The zero-order valence-electron chi connectivity index (χ0n) is 13.9. The summed E-state index contributed by atoms with van der Waals surface area (Å²) in [5.74, 6) is 0.673. The minimum Gasteiger partial charge on any atom is -0.340 e. The lowest BCUT2D eigenvalue weighted by Crippen LogP contribution is -2.34. The van der Waals surface area contributed by atoms with Crippen molar-refractivity contribution in [1.29, 1.82) is 0 Å². The summed E-state index contributed by atoms with van der Waals surface area (Å²) in [4.78, 5) is 14.2. The molecule has 1 heterocycles. The van der Waals surface area contributed by atoms with Gasteiger partial charge < -0.3 is 10.6 Å². The molecule has 2 N–H and O–H groups in total. The van der Waals surface area contributed by atoms with Gasteiger partial charge in [0.15, 0.2) is 0 Å². The lowest BCUT2D eigenvalue weighted by molar-refractivity contribution is -0.128. The molecule has 1 aliphatic heterocycles. The molecule has 2 atom stereocenters. The Labute approximate surface area is 128 Å². The minimum absolute atomic E-state index is 0.104. The lowest BCUT2D eigenvalue weighted by Gasteiger charge is -2.27. The largest absolute Gasteiger partial charge is 0.340 e. The smallest absolute Gasteiger partial charge is 0.223 e. The highest BCUT2D eigenvalue weighted by molar-refractivity contribution is 5.78. The number of hydrogen-bond acceptors (Lipinski definition) is 2. The third kappa shape index (κ3) is 3.65. The second kappa shape index (κ2) is 5.80. The van der Waals surface area contributed by atoms with Crippen LogP contribution in [0.15, 0.2) is 18.2 Å². The molecule has 0 aliphatic carbocycles. The van der Waals surface area contributed by atoms with E-state index in [1.165, 1.54) is 11.1 Å². The molecular formula is C18H28N2O. The van der Waals surface area contributed by atoms with Crippen LogP contribution in [0.4, 0.5) is 0 Å². The Morgan fingerprint density at radius 2 is 2.00 bits per heavy atom. The first-order valence-electron chi connectivity index (χ1n) is 7.79. The highest BCUT2D eigenvalue weighted by Crippen LogP contribution is 2.34. The van der Waals surface area contributed by atoms with E-state index in [-0.39, 0.29) is 17.4 Å². The molecule has 21 heavy (non-hydrogen) atoms. The number of aryl methyl sites for hydroxylation is 2. The van der Waals surface area contributed by atoms with Gasteiger partial charge in [-0.25, -0.2) is 0 Å². The molecule has 0 bridgehead atoms. The Bertz CT molecular complexity index is 531. The number of nitrogens with two attached hydrogens (primary N) is 1. The molecule has 0 spiro atoms. The first-order chi connectivity index (χ1) is 9.68. The van der Waals surface area contributed by atoms with Gasteiger partial charge in [0, 0.05) is 25.6 Å². The Morgan fingerprint density at radius 1 is 1.33 bits per heavy atom.